The molecule has 0 bridgehead atoms. The van der Waals surface area contributed by atoms with Crippen LogP contribution in [0.25, 0.3) is 0 Å². The second-order valence-corrected chi connectivity index (χ2v) is 10.2. The number of hydrogen-bond donors (Lipinski definition) is 1. The average Bonchev–Trinajstić information content (AvgIpc) is 3.07. The zero-order valence-electron chi connectivity index (χ0n) is 15.6. The van der Waals surface area contributed by atoms with Crippen molar-refractivity contribution in [2.24, 2.45) is 0 Å². The summed E-state index contributed by atoms with van der Waals surface area (Å²) in [6.45, 7) is 1.78. The number of alkyl halides is 3. The molecule has 156 valence electrons. The van der Waals surface area contributed by atoms with Gasteiger partial charge in [0.1, 0.15) is 4.21 Å². The minimum absolute atomic E-state index is 0.0262. The van der Waals surface area contributed by atoms with Gasteiger partial charge in [0.05, 0.1) is 11.1 Å². The van der Waals surface area contributed by atoms with E-state index in [1.807, 2.05) is 0 Å². The molecular formula is C17H18BF3N2O4S2. The third kappa shape index (κ3) is 4.29. The summed E-state index contributed by atoms with van der Waals surface area (Å²) in [4.78, 5) is 12.5. The van der Waals surface area contributed by atoms with E-state index >= 15 is 0 Å². The number of halogens is 3. The summed E-state index contributed by atoms with van der Waals surface area (Å²) < 4.78 is 68.6. The number of benzene rings is 1. The van der Waals surface area contributed by atoms with Gasteiger partial charge in [-0.05, 0) is 36.0 Å². The van der Waals surface area contributed by atoms with Crippen LogP contribution in [0.15, 0.2) is 34.5 Å². The first-order valence-corrected chi connectivity index (χ1v) is 10.9. The Kier molecular flexibility index (Phi) is 5.72. The molecule has 1 saturated heterocycles. The Morgan fingerprint density at radius 2 is 1.93 bits per heavy atom. The van der Waals surface area contributed by atoms with E-state index in [0.29, 0.717) is 6.07 Å². The summed E-state index contributed by atoms with van der Waals surface area (Å²) in [6.07, 6.45) is -4.73. The van der Waals surface area contributed by atoms with Crippen LogP contribution < -0.4 is 9.68 Å². The molecule has 3 rings (SSSR count). The summed E-state index contributed by atoms with van der Waals surface area (Å²) in [5.41, 5.74) is -1.66. The Balaban J connectivity index is 1.89. The highest BCUT2D eigenvalue weighted by Gasteiger charge is 2.39. The third-order valence-electron chi connectivity index (χ3n) is 4.73. The van der Waals surface area contributed by atoms with Gasteiger partial charge >= 0.3 is 12.1 Å². The maximum absolute atomic E-state index is 13.5. The highest BCUT2D eigenvalue weighted by molar-refractivity contribution is 7.91. The lowest BCUT2D eigenvalue weighted by molar-refractivity contribution is -0.137. The molecule has 1 aliphatic heterocycles. The van der Waals surface area contributed by atoms with Crippen molar-refractivity contribution in [3.63, 3.8) is 0 Å². The monoisotopic (exact) mass is 446 g/mol. The van der Waals surface area contributed by atoms with Crippen LogP contribution in [0.3, 0.4) is 0 Å². The highest BCUT2D eigenvalue weighted by Crippen LogP contribution is 2.38. The third-order valence-corrected chi connectivity index (χ3v) is 8.22. The maximum Gasteiger partial charge on any atom is 0.418 e. The first-order chi connectivity index (χ1) is 13.4. The molecule has 1 aromatic heterocycles. The molecular weight excluding hydrogens is 428 g/mol. The van der Waals surface area contributed by atoms with Gasteiger partial charge in [0.2, 0.25) is 0 Å². The second-order valence-electron chi connectivity index (χ2n) is 6.81. The van der Waals surface area contributed by atoms with Crippen LogP contribution in [0.5, 0.6) is 0 Å². The zero-order chi connectivity index (χ0) is 21.6. The molecule has 1 fully saturated rings. The van der Waals surface area contributed by atoms with Crippen LogP contribution >= 0.6 is 11.3 Å². The molecule has 0 aliphatic carbocycles. The number of carboxylic acids is 1. The van der Waals surface area contributed by atoms with Crippen LogP contribution in [0.2, 0.25) is 0 Å². The SMILES string of the molecule is Bc1ccc(S(=O)(=O)N2CCN(c3ccc(C(=O)O)cc3C(F)(F)F)C[C@H]2C)s1. The molecule has 2 heterocycles. The van der Waals surface area contributed by atoms with Gasteiger partial charge in [-0.15, -0.1) is 11.3 Å². The van der Waals surface area contributed by atoms with Crippen LogP contribution in [-0.2, 0) is 16.2 Å². The minimum atomic E-state index is -4.73. The number of piperazine rings is 1. The highest BCUT2D eigenvalue weighted by atomic mass is 32.2. The van der Waals surface area contributed by atoms with Crippen molar-refractivity contribution in [2.45, 2.75) is 23.4 Å². The van der Waals surface area contributed by atoms with E-state index in [1.165, 1.54) is 15.3 Å². The first-order valence-electron chi connectivity index (χ1n) is 8.69. The lowest BCUT2D eigenvalue weighted by Crippen LogP contribution is -2.54. The quantitative estimate of drug-likeness (QED) is 0.723. The number of hydrogen-bond acceptors (Lipinski definition) is 5. The normalized spacial score (nSPS) is 18.8. The van der Waals surface area contributed by atoms with Crippen molar-refractivity contribution in [3.05, 3.63) is 41.5 Å². The second kappa shape index (κ2) is 7.65. The van der Waals surface area contributed by atoms with E-state index in [2.05, 4.69) is 0 Å². The number of anilines is 1. The standard InChI is InChI=1S/C17H18BF3N2O4S2/c1-10-9-22(6-7-23(10)29(26,27)15-5-4-14(18)28-15)13-3-2-11(16(24)25)8-12(13)17(19,20)21/h2-5,8,10H,6-7,9,18H2,1H3,(H,24,25)/t10-/m1/s1. The van der Waals surface area contributed by atoms with Crippen molar-refractivity contribution in [3.8, 4) is 0 Å². The number of carbonyl (C=O) groups is 1. The lowest BCUT2D eigenvalue weighted by Gasteiger charge is -2.40. The largest absolute Gasteiger partial charge is 0.478 e. The minimum Gasteiger partial charge on any atom is -0.478 e. The number of nitrogens with zero attached hydrogens (tertiary/aromatic N) is 2. The fourth-order valence-corrected chi connectivity index (χ4v) is 6.38. The van der Waals surface area contributed by atoms with Gasteiger partial charge in [-0.3, -0.25) is 0 Å². The van der Waals surface area contributed by atoms with E-state index in [1.54, 1.807) is 20.8 Å². The van der Waals surface area contributed by atoms with Crippen molar-refractivity contribution >= 4 is 45.6 Å². The topological polar surface area (TPSA) is 77.9 Å². The van der Waals surface area contributed by atoms with Gasteiger partial charge in [-0.25, -0.2) is 13.2 Å². The molecule has 29 heavy (non-hydrogen) atoms. The predicted octanol–water partition coefficient (Wildman–Crippen LogP) is 1.62. The first kappa shape index (κ1) is 21.7. The van der Waals surface area contributed by atoms with E-state index < -0.39 is 39.3 Å². The fraction of sp³-hybridized carbons (Fsp3) is 0.353. The molecule has 1 aliphatic rings. The van der Waals surface area contributed by atoms with Gasteiger partial charge in [0.25, 0.3) is 10.0 Å². The summed E-state index contributed by atoms with van der Waals surface area (Å²) >= 11 is 1.15. The Bertz CT molecular complexity index is 1040. The van der Waals surface area contributed by atoms with Crippen LogP contribution in [0, 0.1) is 0 Å². The molecule has 0 saturated carbocycles. The van der Waals surface area contributed by atoms with Crippen molar-refractivity contribution in [2.75, 3.05) is 24.5 Å². The van der Waals surface area contributed by atoms with Crippen LogP contribution in [-0.4, -0.2) is 57.3 Å². The number of sulfonamides is 1. The molecule has 0 spiro atoms. The Hall–Kier alpha value is -2.05. The molecule has 12 heteroatoms. The number of aromatic carboxylic acids is 1. The van der Waals surface area contributed by atoms with Crippen molar-refractivity contribution in [1.82, 2.24) is 4.31 Å². The summed E-state index contributed by atoms with van der Waals surface area (Å²) in [7, 11) is -1.93. The van der Waals surface area contributed by atoms with Gasteiger partial charge in [-0.1, -0.05) is 6.07 Å². The molecule has 1 N–H and O–H groups in total. The Morgan fingerprint density at radius 1 is 1.24 bits per heavy atom. The number of carboxylic acid groups (broad SMARTS) is 1. The van der Waals surface area contributed by atoms with E-state index in [-0.39, 0.29) is 29.5 Å². The van der Waals surface area contributed by atoms with Gasteiger partial charge in [-0.2, -0.15) is 17.5 Å². The summed E-state index contributed by atoms with van der Waals surface area (Å²) in [6, 6.07) is 5.54. The van der Waals surface area contributed by atoms with Gasteiger partial charge in [0, 0.05) is 31.4 Å². The zero-order valence-corrected chi connectivity index (χ0v) is 17.2. The number of thiophene rings is 1. The van der Waals surface area contributed by atoms with Crippen LogP contribution in [0.4, 0.5) is 18.9 Å². The molecule has 2 aromatic rings. The molecule has 1 atom stereocenters. The predicted molar refractivity (Wildman–Crippen MR) is 106 cm³/mol. The summed E-state index contributed by atoms with van der Waals surface area (Å²) in [5.74, 6) is -1.45. The summed E-state index contributed by atoms with van der Waals surface area (Å²) in [5, 5.41) is 9.00. The molecule has 0 amide bonds. The van der Waals surface area contributed by atoms with Crippen molar-refractivity contribution in [1.29, 1.82) is 0 Å². The van der Waals surface area contributed by atoms with E-state index in [0.717, 1.165) is 28.2 Å². The fourth-order valence-electron chi connectivity index (χ4n) is 3.36. The maximum atomic E-state index is 13.5. The van der Waals surface area contributed by atoms with Crippen molar-refractivity contribution < 1.29 is 31.5 Å². The molecule has 0 unspecified atom stereocenters. The Labute approximate surface area is 171 Å². The molecule has 0 radical (unpaired) electrons. The number of rotatable bonds is 4. The molecule has 6 nitrogen and oxygen atoms in total. The molecule has 1 aromatic carbocycles. The average molecular weight is 446 g/mol. The lowest BCUT2D eigenvalue weighted by atomic mass is 10.1. The Morgan fingerprint density at radius 3 is 2.45 bits per heavy atom. The van der Waals surface area contributed by atoms with Gasteiger partial charge < -0.3 is 10.0 Å². The van der Waals surface area contributed by atoms with E-state index in [9.17, 15) is 26.4 Å². The smallest absolute Gasteiger partial charge is 0.418 e. The van der Waals surface area contributed by atoms with Gasteiger partial charge in [0.15, 0.2) is 7.85 Å². The van der Waals surface area contributed by atoms with E-state index in [4.69, 9.17) is 5.11 Å². The van der Waals surface area contributed by atoms with Crippen LogP contribution in [0.1, 0.15) is 22.8 Å².